The smallest absolute Gasteiger partial charge is 0.341 e. The van der Waals surface area contributed by atoms with E-state index >= 15 is 0 Å². The summed E-state index contributed by atoms with van der Waals surface area (Å²) in [5, 5.41) is 10.6. The number of rotatable bonds is 5. The zero-order chi connectivity index (χ0) is 14.4. The molecule has 0 aliphatic rings. The van der Waals surface area contributed by atoms with Crippen molar-refractivity contribution < 1.29 is 19.2 Å². The zero-order valence-corrected chi connectivity index (χ0v) is 10.6. The van der Waals surface area contributed by atoms with Crippen LogP contribution in [0.3, 0.4) is 0 Å². The first-order chi connectivity index (χ1) is 8.95. The lowest BCUT2D eigenvalue weighted by atomic mass is 10.1. The van der Waals surface area contributed by atoms with Gasteiger partial charge in [0, 0.05) is 12.1 Å². The van der Waals surface area contributed by atoms with Crippen LogP contribution in [-0.4, -0.2) is 23.3 Å². The average Bonchev–Trinajstić information content (AvgIpc) is 2.36. The van der Waals surface area contributed by atoms with Crippen LogP contribution in [0.15, 0.2) is 29.8 Å². The number of carbonyl (C=O) groups excluding carboxylic acids is 2. The lowest BCUT2D eigenvalue weighted by Crippen LogP contribution is -2.13. The molecule has 0 unspecified atom stereocenters. The SMILES string of the molecule is CCOC(=O)/C(=C\c1cccc([N+](=O)[O-])c1)C(C)=O. The van der Waals surface area contributed by atoms with Gasteiger partial charge in [-0.2, -0.15) is 0 Å². The molecule has 100 valence electrons. The van der Waals surface area contributed by atoms with Gasteiger partial charge in [0.15, 0.2) is 5.78 Å². The third kappa shape index (κ3) is 4.02. The molecular formula is C13H13NO5. The number of non-ortho nitro benzene ring substituents is 1. The summed E-state index contributed by atoms with van der Waals surface area (Å²) in [4.78, 5) is 33.0. The molecule has 6 nitrogen and oxygen atoms in total. The maximum absolute atomic E-state index is 11.6. The molecule has 0 atom stereocenters. The largest absolute Gasteiger partial charge is 0.462 e. The second kappa shape index (κ2) is 6.44. The summed E-state index contributed by atoms with van der Waals surface area (Å²) in [5.74, 6) is -1.19. The molecule has 1 aromatic carbocycles. The van der Waals surface area contributed by atoms with E-state index in [0.29, 0.717) is 5.56 Å². The van der Waals surface area contributed by atoms with Crippen LogP contribution in [0.5, 0.6) is 0 Å². The maximum atomic E-state index is 11.6. The van der Waals surface area contributed by atoms with E-state index in [2.05, 4.69) is 0 Å². The van der Waals surface area contributed by atoms with Crippen LogP contribution in [-0.2, 0) is 14.3 Å². The summed E-state index contributed by atoms with van der Waals surface area (Å²) in [6.45, 7) is 3.02. The maximum Gasteiger partial charge on any atom is 0.341 e. The van der Waals surface area contributed by atoms with Crippen LogP contribution in [0.25, 0.3) is 6.08 Å². The fraction of sp³-hybridized carbons (Fsp3) is 0.231. The van der Waals surface area contributed by atoms with E-state index in [4.69, 9.17) is 4.74 Å². The predicted octanol–water partition coefficient (Wildman–Crippen LogP) is 2.13. The molecule has 0 aromatic heterocycles. The normalized spacial score (nSPS) is 10.9. The quantitative estimate of drug-likeness (QED) is 0.203. The molecule has 0 N–H and O–H groups in total. The van der Waals surface area contributed by atoms with E-state index < -0.39 is 16.7 Å². The van der Waals surface area contributed by atoms with Gasteiger partial charge in [-0.25, -0.2) is 4.79 Å². The van der Waals surface area contributed by atoms with E-state index in [1.54, 1.807) is 13.0 Å². The van der Waals surface area contributed by atoms with Crippen molar-refractivity contribution in [2.75, 3.05) is 6.61 Å². The summed E-state index contributed by atoms with van der Waals surface area (Å²) in [6, 6.07) is 5.65. The fourth-order valence-electron chi connectivity index (χ4n) is 1.41. The van der Waals surface area contributed by atoms with Crippen molar-refractivity contribution in [3.63, 3.8) is 0 Å². The number of esters is 1. The van der Waals surface area contributed by atoms with Gasteiger partial charge in [0.05, 0.1) is 11.5 Å². The fourth-order valence-corrected chi connectivity index (χ4v) is 1.41. The Morgan fingerprint density at radius 1 is 1.42 bits per heavy atom. The number of Topliss-reactive ketones (excluding diaryl/α,β-unsaturated/α-hetero) is 1. The molecule has 1 rings (SSSR count). The van der Waals surface area contributed by atoms with Crippen molar-refractivity contribution in [2.24, 2.45) is 0 Å². The average molecular weight is 263 g/mol. The molecule has 0 aliphatic carbocycles. The Morgan fingerprint density at radius 3 is 2.63 bits per heavy atom. The molecule has 0 radical (unpaired) electrons. The van der Waals surface area contributed by atoms with Crippen LogP contribution in [0.4, 0.5) is 5.69 Å². The van der Waals surface area contributed by atoms with Crippen molar-refractivity contribution in [2.45, 2.75) is 13.8 Å². The van der Waals surface area contributed by atoms with Gasteiger partial charge in [-0.05, 0) is 25.5 Å². The third-order valence-corrected chi connectivity index (χ3v) is 2.27. The molecule has 0 saturated heterocycles. The van der Waals surface area contributed by atoms with Crippen molar-refractivity contribution in [3.05, 3.63) is 45.5 Å². The first-order valence-electron chi connectivity index (χ1n) is 5.60. The second-order valence-corrected chi connectivity index (χ2v) is 3.69. The molecule has 0 saturated carbocycles. The minimum atomic E-state index is -0.735. The summed E-state index contributed by atoms with van der Waals surface area (Å²) in [6.07, 6.45) is 1.29. The number of nitrogens with zero attached hydrogens (tertiary/aromatic N) is 1. The standard InChI is InChI=1S/C13H13NO5/c1-3-19-13(16)12(9(2)15)8-10-5-4-6-11(7-10)14(17)18/h4-8H,3H2,1-2H3/b12-8-. The second-order valence-electron chi connectivity index (χ2n) is 3.69. The zero-order valence-electron chi connectivity index (χ0n) is 10.6. The molecule has 6 heteroatoms. The topological polar surface area (TPSA) is 86.5 Å². The first-order valence-corrected chi connectivity index (χ1v) is 5.60. The van der Waals surface area contributed by atoms with Gasteiger partial charge in [0.1, 0.15) is 5.57 Å². The Labute approximate surface area is 109 Å². The van der Waals surface area contributed by atoms with E-state index in [0.717, 1.165) is 0 Å². The first kappa shape index (κ1) is 14.6. The van der Waals surface area contributed by atoms with Crippen LogP contribution in [0.1, 0.15) is 19.4 Å². The number of hydrogen-bond acceptors (Lipinski definition) is 5. The molecule has 0 bridgehead atoms. The molecule has 19 heavy (non-hydrogen) atoms. The highest BCUT2D eigenvalue weighted by molar-refractivity contribution is 6.19. The minimum absolute atomic E-state index is 0.111. The van der Waals surface area contributed by atoms with E-state index in [1.807, 2.05) is 0 Å². The lowest BCUT2D eigenvalue weighted by Gasteiger charge is -2.03. The van der Waals surface area contributed by atoms with E-state index in [9.17, 15) is 19.7 Å². The molecule has 1 aromatic rings. The van der Waals surface area contributed by atoms with Gasteiger partial charge in [-0.3, -0.25) is 14.9 Å². The summed E-state index contributed by atoms with van der Waals surface area (Å²) < 4.78 is 4.75. The molecule has 0 amide bonds. The number of hydrogen-bond donors (Lipinski definition) is 0. The number of ether oxygens (including phenoxy) is 1. The highest BCUT2D eigenvalue weighted by Gasteiger charge is 2.16. The number of nitro groups is 1. The molecular weight excluding hydrogens is 250 g/mol. The summed E-state index contributed by atoms with van der Waals surface area (Å²) >= 11 is 0. The van der Waals surface area contributed by atoms with Crippen molar-refractivity contribution in [1.82, 2.24) is 0 Å². The van der Waals surface area contributed by atoms with Gasteiger partial charge in [0.2, 0.25) is 0 Å². The minimum Gasteiger partial charge on any atom is -0.462 e. The van der Waals surface area contributed by atoms with Gasteiger partial charge in [-0.1, -0.05) is 12.1 Å². The third-order valence-electron chi connectivity index (χ3n) is 2.27. The predicted molar refractivity (Wildman–Crippen MR) is 68.4 cm³/mol. The van der Waals surface area contributed by atoms with Crippen molar-refractivity contribution in [3.8, 4) is 0 Å². The number of ketones is 1. The lowest BCUT2D eigenvalue weighted by molar-refractivity contribution is -0.384. The number of benzene rings is 1. The summed E-state index contributed by atoms with van der Waals surface area (Å²) in [5.41, 5.74) is 0.148. The Hall–Kier alpha value is -2.50. The Kier molecular flexibility index (Phi) is 4.93. The highest BCUT2D eigenvalue weighted by Crippen LogP contribution is 2.16. The summed E-state index contributed by atoms with van der Waals surface area (Å²) in [7, 11) is 0. The monoisotopic (exact) mass is 263 g/mol. The molecule has 0 spiro atoms. The highest BCUT2D eigenvalue weighted by atomic mass is 16.6. The van der Waals surface area contributed by atoms with Gasteiger partial charge >= 0.3 is 5.97 Å². The molecule has 0 fully saturated rings. The Bertz CT molecular complexity index is 548. The van der Waals surface area contributed by atoms with Crippen LogP contribution >= 0.6 is 0 Å². The Morgan fingerprint density at radius 2 is 2.11 bits per heavy atom. The van der Waals surface area contributed by atoms with Crippen molar-refractivity contribution in [1.29, 1.82) is 0 Å². The van der Waals surface area contributed by atoms with Gasteiger partial charge < -0.3 is 4.74 Å². The van der Waals surface area contributed by atoms with Gasteiger partial charge in [0.25, 0.3) is 5.69 Å². The van der Waals surface area contributed by atoms with Crippen LogP contribution in [0, 0.1) is 10.1 Å². The van der Waals surface area contributed by atoms with Crippen LogP contribution in [0.2, 0.25) is 0 Å². The Balaban J connectivity index is 3.15. The van der Waals surface area contributed by atoms with Crippen molar-refractivity contribution >= 4 is 23.5 Å². The number of carbonyl (C=O) groups is 2. The van der Waals surface area contributed by atoms with Gasteiger partial charge in [-0.15, -0.1) is 0 Å². The molecule has 0 heterocycles. The van der Waals surface area contributed by atoms with E-state index in [1.165, 1.54) is 31.2 Å². The molecule has 0 aliphatic heterocycles. The van der Waals surface area contributed by atoms with E-state index in [-0.39, 0.29) is 17.9 Å². The van der Waals surface area contributed by atoms with Crippen LogP contribution < -0.4 is 0 Å². The number of nitro benzene ring substituents is 1.